The smallest absolute Gasteiger partial charge is 0.261 e. The van der Waals surface area contributed by atoms with Crippen molar-refractivity contribution in [3.63, 3.8) is 0 Å². The van der Waals surface area contributed by atoms with Crippen molar-refractivity contribution in [2.24, 2.45) is 0 Å². The van der Waals surface area contributed by atoms with E-state index in [0.717, 1.165) is 29.7 Å². The summed E-state index contributed by atoms with van der Waals surface area (Å²) >= 11 is 0. The quantitative estimate of drug-likeness (QED) is 0.868. The highest BCUT2D eigenvalue weighted by atomic mass is 16.5. The molecule has 1 atom stereocenters. The number of aryl methyl sites for hydroxylation is 2. The van der Waals surface area contributed by atoms with Crippen molar-refractivity contribution in [1.29, 1.82) is 0 Å². The number of hydrogen-bond donors (Lipinski definition) is 1. The van der Waals surface area contributed by atoms with Gasteiger partial charge in [-0.3, -0.25) is 4.79 Å². The van der Waals surface area contributed by atoms with Crippen LogP contribution >= 0.6 is 0 Å². The predicted octanol–water partition coefficient (Wildman–Crippen LogP) is 2.74. The summed E-state index contributed by atoms with van der Waals surface area (Å²) < 4.78 is 5.85. The van der Waals surface area contributed by atoms with Gasteiger partial charge in [-0.1, -0.05) is 19.1 Å². The molecule has 1 aliphatic rings. The highest BCUT2D eigenvalue weighted by molar-refractivity contribution is 5.81. The van der Waals surface area contributed by atoms with E-state index in [0.29, 0.717) is 12.5 Å². The zero-order valence-electron chi connectivity index (χ0n) is 11.3. The van der Waals surface area contributed by atoms with Gasteiger partial charge in [0.2, 0.25) is 0 Å². The molecule has 0 unspecified atom stereocenters. The first-order valence-electron chi connectivity index (χ1n) is 6.64. The van der Waals surface area contributed by atoms with Gasteiger partial charge >= 0.3 is 0 Å². The van der Waals surface area contributed by atoms with E-state index < -0.39 is 0 Å². The number of carbonyl (C=O) groups excluding carboxylic acids is 1. The average Bonchev–Trinajstić information content (AvgIpc) is 3.14. The number of hydrogen-bond acceptors (Lipinski definition) is 2. The maximum Gasteiger partial charge on any atom is 0.261 e. The van der Waals surface area contributed by atoms with Gasteiger partial charge in [0.25, 0.3) is 5.91 Å². The topological polar surface area (TPSA) is 38.3 Å². The Morgan fingerprint density at radius 1 is 1.44 bits per heavy atom. The Bertz CT molecular complexity index is 438. The monoisotopic (exact) mass is 247 g/mol. The van der Waals surface area contributed by atoms with Gasteiger partial charge in [-0.05, 0) is 50.3 Å². The van der Waals surface area contributed by atoms with Crippen LogP contribution in [0, 0.1) is 13.8 Å². The first-order valence-corrected chi connectivity index (χ1v) is 6.64. The number of carbonyl (C=O) groups is 1. The zero-order chi connectivity index (χ0) is 13.1. The SMILES string of the molecule is CC[C@@H](Oc1cc(C)ccc1C)C(=O)NC1CC1. The van der Waals surface area contributed by atoms with E-state index in [1.807, 2.05) is 39.0 Å². The van der Waals surface area contributed by atoms with Crippen molar-refractivity contribution in [1.82, 2.24) is 5.32 Å². The predicted molar refractivity (Wildman–Crippen MR) is 71.8 cm³/mol. The molecule has 0 radical (unpaired) electrons. The Morgan fingerprint density at radius 2 is 2.17 bits per heavy atom. The molecule has 0 aromatic heterocycles. The summed E-state index contributed by atoms with van der Waals surface area (Å²) in [5.41, 5.74) is 2.21. The van der Waals surface area contributed by atoms with Gasteiger partial charge in [-0.2, -0.15) is 0 Å². The molecular weight excluding hydrogens is 226 g/mol. The van der Waals surface area contributed by atoms with Crippen LogP contribution in [-0.2, 0) is 4.79 Å². The molecule has 2 rings (SSSR count). The molecule has 1 aromatic carbocycles. The highest BCUT2D eigenvalue weighted by Gasteiger charge is 2.27. The van der Waals surface area contributed by atoms with Crippen LogP contribution in [0.25, 0.3) is 0 Å². The van der Waals surface area contributed by atoms with Crippen LogP contribution in [0.4, 0.5) is 0 Å². The van der Waals surface area contributed by atoms with Crippen molar-refractivity contribution in [2.45, 2.75) is 52.2 Å². The first kappa shape index (κ1) is 12.9. The standard InChI is InChI=1S/C15H21NO2/c1-4-13(15(17)16-12-7-8-12)18-14-9-10(2)5-6-11(14)3/h5-6,9,12-13H,4,7-8H2,1-3H3,(H,16,17)/t13-/m1/s1. The lowest BCUT2D eigenvalue weighted by molar-refractivity contribution is -0.128. The third kappa shape index (κ3) is 3.25. The van der Waals surface area contributed by atoms with Crippen molar-refractivity contribution in [3.05, 3.63) is 29.3 Å². The van der Waals surface area contributed by atoms with Gasteiger partial charge in [0.15, 0.2) is 6.10 Å². The number of nitrogens with one attached hydrogen (secondary N) is 1. The van der Waals surface area contributed by atoms with Crippen LogP contribution in [0.1, 0.15) is 37.3 Å². The van der Waals surface area contributed by atoms with Gasteiger partial charge in [0, 0.05) is 6.04 Å². The Morgan fingerprint density at radius 3 is 2.78 bits per heavy atom. The fourth-order valence-electron chi connectivity index (χ4n) is 1.83. The lowest BCUT2D eigenvalue weighted by atomic mass is 10.1. The maximum atomic E-state index is 12.0. The van der Waals surface area contributed by atoms with Crippen molar-refractivity contribution < 1.29 is 9.53 Å². The summed E-state index contributed by atoms with van der Waals surface area (Å²) in [7, 11) is 0. The van der Waals surface area contributed by atoms with Gasteiger partial charge in [-0.25, -0.2) is 0 Å². The molecule has 3 nitrogen and oxygen atoms in total. The number of rotatable bonds is 5. The molecule has 1 N–H and O–H groups in total. The maximum absolute atomic E-state index is 12.0. The van der Waals surface area contributed by atoms with E-state index in [1.165, 1.54) is 0 Å². The fraction of sp³-hybridized carbons (Fsp3) is 0.533. The molecule has 3 heteroatoms. The zero-order valence-corrected chi connectivity index (χ0v) is 11.3. The highest BCUT2D eigenvalue weighted by Crippen LogP contribution is 2.23. The van der Waals surface area contributed by atoms with Crippen LogP contribution in [0.2, 0.25) is 0 Å². The Hall–Kier alpha value is -1.51. The Balaban J connectivity index is 2.04. The van der Waals surface area contributed by atoms with Crippen LogP contribution in [0.15, 0.2) is 18.2 Å². The molecule has 1 saturated carbocycles. The molecular formula is C15H21NO2. The summed E-state index contributed by atoms with van der Waals surface area (Å²) in [6, 6.07) is 6.44. The molecule has 98 valence electrons. The van der Waals surface area contributed by atoms with Crippen molar-refractivity contribution in [2.75, 3.05) is 0 Å². The molecule has 0 heterocycles. The van der Waals surface area contributed by atoms with Crippen LogP contribution < -0.4 is 10.1 Å². The molecule has 0 aliphatic heterocycles. The summed E-state index contributed by atoms with van der Waals surface area (Å²) in [4.78, 5) is 12.0. The van der Waals surface area contributed by atoms with E-state index in [-0.39, 0.29) is 12.0 Å². The molecule has 1 fully saturated rings. The summed E-state index contributed by atoms with van der Waals surface area (Å²) in [6.07, 6.45) is 2.51. The molecule has 0 spiro atoms. The lowest BCUT2D eigenvalue weighted by Gasteiger charge is -2.18. The second-order valence-corrected chi connectivity index (χ2v) is 5.07. The lowest BCUT2D eigenvalue weighted by Crippen LogP contribution is -2.39. The van der Waals surface area contributed by atoms with Gasteiger partial charge in [0.05, 0.1) is 0 Å². The summed E-state index contributed by atoms with van der Waals surface area (Å²) in [6.45, 7) is 6.00. The van der Waals surface area contributed by atoms with E-state index in [9.17, 15) is 4.79 Å². The molecule has 1 aromatic rings. The number of ether oxygens (including phenoxy) is 1. The van der Waals surface area contributed by atoms with Crippen LogP contribution in [0.5, 0.6) is 5.75 Å². The molecule has 1 amide bonds. The number of benzene rings is 1. The third-order valence-corrected chi connectivity index (χ3v) is 3.20. The second kappa shape index (κ2) is 5.42. The van der Waals surface area contributed by atoms with Gasteiger partial charge in [-0.15, -0.1) is 0 Å². The average molecular weight is 247 g/mol. The van der Waals surface area contributed by atoms with Crippen molar-refractivity contribution in [3.8, 4) is 5.75 Å². The van der Waals surface area contributed by atoms with Crippen molar-refractivity contribution >= 4 is 5.91 Å². The van der Waals surface area contributed by atoms with E-state index in [4.69, 9.17) is 4.74 Å². The third-order valence-electron chi connectivity index (χ3n) is 3.20. The minimum absolute atomic E-state index is 0.0147. The summed E-state index contributed by atoms with van der Waals surface area (Å²) in [5, 5.41) is 3.00. The van der Waals surface area contributed by atoms with E-state index in [1.54, 1.807) is 0 Å². The molecule has 0 bridgehead atoms. The molecule has 18 heavy (non-hydrogen) atoms. The second-order valence-electron chi connectivity index (χ2n) is 5.07. The van der Waals surface area contributed by atoms with Gasteiger partial charge < -0.3 is 10.1 Å². The first-order chi connectivity index (χ1) is 8.60. The van der Waals surface area contributed by atoms with E-state index >= 15 is 0 Å². The Kier molecular flexibility index (Phi) is 3.90. The molecule has 0 saturated heterocycles. The normalized spacial score (nSPS) is 16.2. The number of amides is 1. The van der Waals surface area contributed by atoms with Gasteiger partial charge in [0.1, 0.15) is 5.75 Å². The molecule has 1 aliphatic carbocycles. The summed E-state index contributed by atoms with van der Waals surface area (Å²) in [5.74, 6) is 0.828. The van der Waals surface area contributed by atoms with Crippen LogP contribution in [-0.4, -0.2) is 18.1 Å². The largest absolute Gasteiger partial charge is 0.480 e. The van der Waals surface area contributed by atoms with E-state index in [2.05, 4.69) is 5.32 Å². The minimum atomic E-state index is -0.383. The minimum Gasteiger partial charge on any atom is -0.480 e. The fourth-order valence-corrected chi connectivity index (χ4v) is 1.83. The Labute approximate surface area is 109 Å². The van der Waals surface area contributed by atoms with Crippen LogP contribution in [0.3, 0.4) is 0 Å².